The van der Waals surface area contributed by atoms with Gasteiger partial charge in [-0.3, -0.25) is 4.90 Å². The number of rotatable bonds is 6. The number of aliphatic hydroxyl groups is 1. The number of hydrogen-bond acceptors (Lipinski definition) is 4. The molecule has 0 fully saturated rings. The Balaban J connectivity index is 2.59. The van der Waals surface area contributed by atoms with Crippen molar-refractivity contribution in [1.29, 1.82) is 0 Å². The van der Waals surface area contributed by atoms with Crippen LogP contribution in [-0.2, 0) is 6.54 Å². The van der Waals surface area contributed by atoms with Crippen LogP contribution in [0.25, 0.3) is 0 Å². The average molecular weight is 213 g/mol. The summed E-state index contributed by atoms with van der Waals surface area (Å²) >= 11 is 0. The van der Waals surface area contributed by atoms with Gasteiger partial charge in [0.15, 0.2) is 0 Å². The molecule has 5 heteroatoms. The Morgan fingerprint density at radius 3 is 2.73 bits per heavy atom. The summed E-state index contributed by atoms with van der Waals surface area (Å²) in [6.07, 6.45) is 0. The Morgan fingerprint density at radius 1 is 1.53 bits per heavy atom. The molecule has 0 aliphatic rings. The highest BCUT2D eigenvalue weighted by Gasteiger charge is 2.11. The van der Waals surface area contributed by atoms with Gasteiger partial charge in [-0.25, -0.2) is 4.79 Å². The Morgan fingerprint density at radius 2 is 2.27 bits per heavy atom. The first kappa shape index (κ1) is 11.7. The molecule has 1 heterocycles. The minimum atomic E-state index is -1.06. The fourth-order valence-electron chi connectivity index (χ4n) is 1.29. The van der Waals surface area contributed by atoms with E-state index in [9.17, 15) is 4.79 Å². The normalized spacial score (nSPS) is 10.9. The molecule has 0 saturated carbocycles. The minimum absolute atomic E-state index is 0.0509. The molecule has 15 heavy (non-hydrogen) atoms. The first-order valence-corrected chi connectivity index (χ1v) is 4.82. The Hall–Kier alpha value is -1.33. The van der Waals surface area contributed by atoms with Crippen LogP contribution in [-0.4, -0.2) is 40.8 Å². The van der Waals surface area contributed by atoms with Gasteiger partial charge in [-0.1, -0.05) is 6.92 Å². The maximum atomic E-state index is 10.5. The fourth-order valence-corrected chi connectivity index (χ4v) is 1.29. The van der Waals surface area contributed by atoms with Gasteiger partial charge in [-0.05, 0) is 18.7 Å². The quantitative estimate of drug-likeness (QED) is 0.730. The molecular formula is C10H15NO4. The van der Waals surface area contributed by atoms with E-state index in [2.05, 4.69) is 0 Å². The first-order valence-electron chi connectivity index (χ1n) is 4.82. The Bertz CT molecular complexity index is 321. The summed E-state index contributed by atoms with van der Waals surface area (Å²) in [6.45, 7) is 3.91. The zero-order valence-electron chi connectivity index (χ0n) is 8.64. The molecule has 0 saturated heterocycles. The molecular weight excluding hydrogens is 198 g/mol. The van der Waals surface area contributed by atoms with Gasteiger partial charge in [0.1, 0.15) is 5.76 Å². The maximum Gasteiger partial charge on any atom is 0.371 e. The van der Waals surface area contributed by atoms with Gasteiger partial charge in [-0.2, -0.15) is 0 Å². The second-order valence-electron chi connectivity index (χ2n) is 3.16. The summed E-state index contributed by atoms with van der Waals surface area (Å²) in [5.74, 6) is -0.515. The summed E-state index contributed by atoms with van der Waals surface area (Å²) in [6, 6.07) is 3.08. The predicted molar refractivity (Wildman–Crippen MR) is 53.7 cm³/mol. The highest BCUT2D eigenvalue weighted by Crippen LogP contribution is 2.10. The molecule has 0 amide bonds. The molecule has 0 unspecified atom stereocenters. The van der Waals surface area contributed by atoms with Crippen molar-refractivity contribution in [2.45, 2.75) is 13.5 Å². The fraction of sp³-hybridized carbons (Fsp3) is 0.500. The van der Waals surface area contributed by atoms with Gasteiger partial charge in [0.05, 0.1) is 13.2 Å². The Labute approximate surface area is 87.9 Å². The second-order valence-corrected chi connectivity index (χ2v) is 3.16. The predicted octanol–water partition coefficient (Wildman–Crippen LogP) is 0.792. The van der Waals surface area contributed by atoms with E-state index < -0.39 is 5.97 Å². The largest absolute Gasteiger partial charge is 0.475 e. The molecule has 84 valence electrons. The standard InChI is InChI=1S/C10H15NO4/c1-2-11(5-6-12)7-8-3-4-9(15-8)10(13)14/h3-4,12H,2,5-7H2,1H3,(H,13,14). The van der Waals surface area contributed by atoms with Gasteiger partial charge in [0, 0.05) is 6.54 Å². The van der Waals surface area contributed by atoms with Gasteiger partial charge < -0.3 is 14.6 Å². The molecule has 1 aromatic heterocycles. The Kier molecular flexibility index (Phi) is 4.33. The summed E-state index contributed by atoms with van der Waals surface area (Å²) in [5.41, 5.74) is 0. The molecule has 0 radical (unpaired) electrons. The van der Waals surface area contributed by atoms with Crippen LogP contribution in [0.5, 0.6) is 0 Å². The van der Waals surface area contributed by atoms with Crippen molar-refractivity contribution in [1.82, 2.24) is 4.90 Å². The van der Waals surface area contributed by atoms with Crippen LogP contribution < -0.4 is 0 Å². The van der Waals surface area contributed by atoms with Crippen LogP contribution in [0.15, 0.2) is 16.5 Å². The highest BCUT2D eigenvalue weighted by atomic mass is 16.4. The van der Waals surface area contributed by atoms with Gasteiger partial charge in [0.2, 0.25) is 5.76 Å². The van der Waals surface area contributed by atoms with E-state index in [0.29, 0.717) is 18.8 Å². The third kappa shape index (κ3) is 3.38. The van der Waals surface area contributed by atoms with Gasteiger partial charge in [0.25, 0.3) is 0 Å². The smallest absolute Gasteiger partial charge is 0.371 e. The lowest BCUT2D eigenvalue weighted by Crippen LogP contribution is -2.25. The third-order valence-corrected chi connectivity index (χ3v) is 2.12. The molecule has 0 bridgehead atoms. The number of carboxylic acid groups (broad SMARTS) is 1. The van der Waals surface area contributed by atoms with E-state index in [1.807, 2.05) is 11.8 Å². The van der Waals surface area contributed by atoms with Crippen molar-refractivity contribution in [2.75, 3.05) is 19.7 Å². The van der Waals surface area contributed by atoms with Crippen molar-refractivity contribution >= 4 is 5.97 Å². The topological polar surface area (TPSA) is 73.9 Å². The molecule has 0 aliphatic carbocycles. The molecule has 5 nitrogen and oxygen atoms in total. The lowest BCUT2D eigenvalue weighted by Gasteiger charge is -2.16. The molecule has 0 spiro atoms. The van der Waals surface area contributed by atoms with Gasteiger partial charge in [-0.15, -0.1) is 0 Å². The number of furan rings is 1. The maximum absolute atomic E-state index is 10.5. The number of carbonyl (C=O) groups is 1. The highest BCUT2D eigenvalue weighted by molar-refractivity contribution is 5.84. The summed E-state index contributed by atoms with van der Waals surface area (Å²) in [7, 11) is 0. The molecule has 1 rings (SSSR count). The zero-order valence-corrected chi connectivity index (χ0v) is 8.64. The van der Waals surface area contributed by atoms with E-state index in [0.717, 1.165) is 6.54 Å². The molecule has 0 aromatic carbocycles. The van der Waals surface area contributed by atoms with Crippen molar-refractivity contribution in [3.8, 4) is 0 Å². The van der Waals surface area contributed by atoms with E-state index in [4.69, 9.17) is 14.6 Å². The summed E-state index contributed by atoms with van der Waals surface area (Å²) in [5, 5.41) is 17.4. The summed E-state index contributed by atoms with van der Waals surface area (Å²) in [4.78, 5) is 12.5. The van der Waals surface area contributed by atoms with E-state index in [1.165, 1.54) is 6.07 Å². The zero-order chi connectivity index (χ0) is 11.3. The SMILES string of the molecule is CCN(CCO)Cc1ccc(C(=O)O)o1. The number of hydrogen-bond donors (Lipinski definition) is 2. The van der Waals surface area contributed by atoms with Crippen molar-refractivity contribution in [3.63, 3.8) is 0 Å². The van der Waals surface area contributed by atoms with Crippen molar-refractivity contribution < 1.29 is 19.4 Å². The van der Waals surface area contributed by atoms with E-state index >= 15 is 0 Å². The number of aromatic carboxylic acids is 1. The number of likely N-dealkylation sites (N-methyl/N-ethyl adjacent to an activating group) is 1. The lowest BCUT2D eigenvalue weighted by atomic mass is 10.4. The average Bonchev–Trinajstić information content (AvgIpc) is 2.65. The van der Waals surface area contributed by atoms with Crippen LogP contribution in [0.2, 0.25) is 0 Å². The lowest BCUT2D eigenvalue weighted by molar-refractivity contribution is 0.0658. The number of aliphatic hydroxyl groups excluding tert-OH is 1. The van der Waals surface area contributed by atoms with Crippen LogP contribution in [0.1, 0.15) is 23.2 Å². The molecule has 0 atom stereocenters. The minimum Gasteiger partial charge on any atom is -0.475 e. The number of carboxylic acids is 1. The first-order chi connectivity index (χ1) is 7.17. The van der Waals surface area contributed by atoms with Crippen LogP contribution >= 0.6 is 0 Å². The van der Waals surface area contributed by atoms with Crippen LogP contribution in [0.4, 0.5) is 0 Å². The van der Waals surface area contributed by atoms with E-state index in [1.54, 1.807) is 6.07 Å². The molecule has 0 aliphatic heterocycles. The van der Waals surface area contributed by atoms with Crippen LogP contribution in [0.3, 0.4) is 0 Å². The monoisotopic (exact) mass is 213 g/mol. The number of nitrogens with zero attached hydrogens (tertiary/aromatic N) is 1. The van der Waals surface area contributed by atoms with Crippen molar-refractivity contribution in [2.24, 2.45) is 0 Å². The summed E-state index contributed by atoms with van der Waals surface area (Å²) < 4.78 is 5.10. The molecule has 2 N–H and O–H groups in total. The molecule has 1 aromatic rings. The van der Waals surface area contributed by atoms with Crippen LogP contribution in [0, 0.1) is 0 Å². The second kappa shape index (κ2) is 5.53. The van der Waals surface area contributed by atoms with Crippen molar-refractivity contribution in [3.05, 3.63) is 23.7 Å². The van der Waals surface area contributed by atoms with Gasteiger partial charge >= 0.3 is 5.97 Å². The van der Waals surface area contributed by atoms with E-state index in [-0.39, 0.29) is 12.4 Å². The third-order valence-electron chi connectivity index (χ3n) is 2.12.